The molecule has 2 heterocycles. The summed E-state index contributed by atoms with van der Waals surface area (Å²) >= 11 is 0. The van der Waals surface area contributed by atoms with E-state index in [4.69, 9.17) is 4.74 Å². The SMILES string of the molecule is Cn1c(C(F)(F)F)nc(C(F)F)c(-c2ccc3c(c2)NC(=O)CO3)c1=O. The smallest absolute Gasteiger partial charge is 0.449 e. The monoisotopic (exact) mass is 375 g/mol. The maximum absolute atomic E-state index is 13.3. The van der Waals surface area contributed by atoms with Crippen LogP contribution < -0.4 is 15.6 Å². The molecule has 3 rings (SSSR count). The third kappa shape index (κ3) is 3.00. The van der Waals surface area contributed by atoms with Crippen molar-refractivity contribution in [1.29, 1.82) is 0 Å². The number of rotatable bonds is 2. The Hall–Kier alpha value is -2.98. The fraction of sp³-hybridized carbons (Fsp3) is 0.267. The van der Waals surface area contributed by atoms with Gasteiger partial charge in [-0.15, -0.1) is 0 Å². The third-order valence-corrected chi connectivity index (χ3v) is 3.68. The molecule has 11 heteroatoms. The van der Waals surface area contributed by atoms with E-state index in [0.717, 1.165) is 7.05 Å². The minimum atomic E-state index is -5.08. The number of halogens is 5. The van der Waals surface area contributed by atoms with E-state index in [0.29, 0.717) is 0 Å². The number of benzene rings is 1. The highest BCUT2D eigenvalue weighted by atomic mass is 19.4. The van der Waals surface area contributed by atoms with Crippen LogP contribution in [-0.2, 0) is 18.0 Å². The summed E-state index contributed by atoms with van der Waals surface area (Å²) < 4.78 is 70.7. The van der Waals surface area contributed by atoms with Crippen molar-refractivity contribution < 1.29 is 31.5 Å². The van der Waals surface area contributed by atoms with Crippen LogP contribution in [-0.4, -0.2) is 22.1 Å². The molecule has 0 atom stereocenters. The summed E-state index contributed by atoms with van der Waals surface area (Å²) in [4.78, 5) is 26.7. The van der Waals surface area contributed by atoms with Crippen LogP contribution in [0.3, 0.4) is 0 Å². The summed E-state index contributed by atoms with van der Waals surface area (Å²) in [5.74, 6) is -1.98. The van der Waals surface area contributed by atoms with E-state index < -0.39 is 41.1 Å². The molecule has 1 aliphatic heterocycles. The van der Waals surface area contributed by atoms with E-state index in [2.05, 4.69) is 10.3 Å². The van der Waals surface area contributed by atoms with Crippen molar-refractivity contribution in [2.75, 3.05) is 11.9 Å². The second-order valence-corrected chi connectivity index (χ2v) is 5.41. The van der Waals surface area contributed by atoms with E-state index >= 15 is 0 Å². The Kier molecular flexibility index (Phi) is 4.17. The Morgan fingerprint density at radius 1 is 1.27 bits per heavy atom. The number of hydrogen-bond acceptors (Lipinski definition) is 4. The summed E-state index contributed by atoms with van der Waals surface area (Å²) in [5, 5.41) is 2.43. The third-order valence-electron chi connectivity index (χ3n) is 3.68. The van der Waals surface area contributed by atoms with Crippen molar-refractivity contribution in [3.05, 3.63) is 40.1 Å². The standard InChI is InChI=1S/C15H10F5N3O3/c1-23-13(25)10(11(12(16)17)22-14(23)15(18,19)20)6-2-3-8-7(4-6)21-9(24)5-26-8/h2-4,12H,5H2,1H3,(H,21,24). The largest absolute Gasteiger partial charge is 0.482 e. The number of anilines is 1. The Balaban J connectivity index is 2.25. The molecule has 0 saturated heterocycles. The number of nitrogens with one attached hydrogen (secondary N) is 1. The van der Waals surface area contributed by atoms with Crippen LogP contribution in [0, 0.1) is 0 Å². The first kappa shape index (κ1) is 17.8. The zero-order valence-electron chi connectivity index (χ0n) is 13.0. The summed E-state index contributed by atoms with van der Waals surface area (Å²) in [6.45, 7) is -0.238. The number of alkyl halides is 5. The predicted molar refractivity (Wildman–Crippen MR) is 79.0 cm³/mol. The molecule has 0 spiro atoms. The maximum atomic E-state index is 13.3. The van der Waals surface area contributed by atoms with Gasteiger partial charge in [-0.3, -0.25) is 14.2 Å². The molecule has 0 bridgehead atoms. The fourth-order valence-electron chi connectivity index (χ4n) is 2.54. The van der Waals surface area contributed by atoms with Gasteiger partial charge < -0.3 is 10.1 Å². The van der Waals surface area contributed by atoms with Gasteiger partial charge in [0.2, 0.25) is 5.82 Å². The molecule has 26 heavy (non-hydrogen) atoms. The van der Waals surface area contributed by atoms with Crippen LogP contribution in [0.25, 0.3) is 11.1 Å². The van der Waals surface area contributed by atoms with Crippen LogP contribution in [0.1, 0.15) is 17.9 Å². The molecule has 0 saturated carbocycles. The number of amides is 1. The lowest BCUT2D eigenvalue weighted by Crippen LogP contribution is -2.30. The van der Waals surface area contributed by atoms with Crippen molar-refractivity contribution in [2.24, 2.45) is 7.05 Å². The summed E-state index contributed by atoms with van der Waals surface area (Å²) in [6.07, 6.45) is -8.49. The van der Waals surface area contributed by atoms with Crippen LogP contribution in [0.4, 0.5) is 27.6 Å². The quantitative estimate of drug-likeness (QED) is 0.820. The van der Waals surface area contributed by atoms with Crippen LogP contribution >= 0.6 is 0 Å². The van der Waals surface area contributed by atoms with E-state index in [1.54, 1.807) is 0 Å². The van der Waals surface area contributed by atoms with E-state index in [-0.39, 0.29) is 28.2 Å². The number of carbonyl (C=O) groups excluding carboxylic acids is 1. The molecule has 0 unspecified atom stereocenters. The highest BCUT2D eigenvalue weighted by Gasteiger charge is 2.38. The summed E-state index contributed by atoms with van der Waals surface area (Å²) in [7, 11) is 0.792. The summed E-state index contributed by atoms with van der Waals surface area (Å²) in [6, 6.07) is 3.72. The first-order valence-electron chi connectivity index (χ1n) is 7.13. The molecule has 1 aromatic heterocycles. The van der Waals surface area contributed by atoms with Gasteiger partial charge >= 0.3 is 6.18 Å². The second-order valence-electron chi connectivity index (χ2n) is 5.41. The molecular weight excluding hydrogens is 365 g/mol. The van der Waals surface area contributed by atoms with Gasteiger partial charge in [-0.2, -0.15) is 13.2 Å². The van der Waals surface area contributed by atoms with Crippen molar-refractivity contribution in [2.45, 2.75) is 12.6 Å². The normalized spacial score (nSPS) is 14.0. The molecule has 1 N–H and O–H groups in total. The Morgan fingerprint density at radius 2 is 1.96 bits per heavy atom. The molecule has 0 radical (unpaired) electrons. The van der Waals surface area contributed by atoms with Gasteiger partial charge in [0, 0.05) is 7.05 Å². The topological polar surface area (TPSA) is 73.2 Å². The van der Waals surface area contributed by atoms with Gasteiger partial charge in [-0.05, 0) is 17.7 Å². The van der Waals surface area contributed by atoms with Gasteiger partial charge in [0.25, 0.3) is 17.9 Å². The van der Waals surface area contributed by atoms with Gasteiger partial charge in [-0.25, -0.2) is 13.8 Å². The van der Waals surface area contributed by atoms with Gasteiger partial charge in [0.05, 0.1) is 11.3 Å². The van der Waals surface area contributed by atoms with Crippen LogP contribution in [0.2, 0.25) is 0 Å². The van der Waals surface area contributed by atoms with E-state index in [1.165, 1.54) is 18.2 Å². The van der Waals surface area contributed by atoms with E-state index in [9.17, 15) is 31.5 Å². The number of hydrogen-bond donors (Lipinski definition) is 1. The zero-order chi connectivity index (χ0) is 19.2. The lowest BCUT2D eigenvalue weighted by molar-refractivity contribution is -0.148. The van der Waals surface area contributed by atoms with Crippen LogP contribution in [0.15, 0.2) is 23.0 Å². The average Bonchev–Trinajstić information content (AvgIpc) is 2.54. The van der Waals surface area contributed by atoms with Crippen molar-refractivity contribution in [1.82, 2.24) is 9.55 Å². The number of fused-ring (bicyclic) bond motifs is 1. The molecule has 1 aromatic carbocycles. The second kappa shape index (κ2) is 6.07. The minimum Gasteiger partial charge on any atom is -0.482 e. The predicted octanol–water partition coefficient (Wildman–Crippen LogP) is 2.73. The lowest BCUT2D eigenvalue weighted by Gasteiger charge is -2.20. The van der Waals surface area contributed by atoms with E-state index in [1.807, 2.05) is 0 Å². The highest BCUT2D eigenvalue weighted by Crippen LogP contribution is 2.36. The zero-order valence-corrected chi connectivity index (χ0v) is 13.0. The minimum absolute atomic E-state index is 0.112. The fourth-order valence-corrected chi connectivity index (χ4v) is 2.54. The first-order chi connectivity index (χ1) is 12.1. The Morgan fingerprint density at radius 3 is 2.58 bits per heavy atom. The van der Waals surface area contributed by atoms with Crippen molar-refractivity contribution in [3.63, 3.8) is 0 Å². The number of nitrogens with zero attached hydrogens (tertiary/aromatic N) is 2. The molecule has 2 aromatic rings. The number of ether oxygens (including phenoxy) is 1. The lowest BCUT2D eigenvalue weighted by atomic mass is 10.0. The van der Waals surface area contributed by atoms with Crippen molar-refractivity contribution >= 4 is 11.6 Å². The molecule has 0 aliphatic carbocycles. The number of carbonyl (C=O) groups is 1. The van der Waals surface area contributed by atoms with Crippen molar-refractivity contribution in [3.8, 4) is 16.9 Å². The molecule has 1 amide bonds. The van der Waals surface area contributed by atoms with Gasteiger partial charge in [-0.1, -0.05) is 6.07 Å². The van der Waals surface area contributed by atoms with Gasteiger partial charge in [0.15, 0.2) is 6.61 Å². The maximum Gasteiger partial charge on any atom is 0.449 e. The Bertz CT molecular complexity index is 953. The summed E-state index contributed by atoms with van der Waals surface area (Å²) in [5.41, 5.74) is -3.26. The molecule has 0 fully saturated rings. The molecule has 138 valence electrons. The average molecular weight is 375 g/mol. The molecule has 6 nitrogen and oxygen atoms in total. The van der Waals surface area contributed by atoms with Crippen LogP contribution in [0.5, 0.6) is 5.75 Å². The highest BCUT2D eigenvalue weighted by molar-refractivity contribution is 5.96. The first-order valence-corrected chi connectivity index (χ1v) is 7.13. The van der Waals surface area contributed by atoms with Gasteiger partial charge in [0.1, 0.15) is 11.4 Å². The number of aromatic nitrogens is 2. The molecular formula is C15H10F5N3O3. The Labute approximate surface area is 142 Å². The molecule has 1 aliphatic rings.